The molecular weight excluding hydrogens is 100 g/mol. The minimum Gasteiger partial charge on any atom is -0.393 e. The highest BCUT2D eigenvalue weighted by Gasteiger charge is 2.15. The van der Waals surface area contributed by atoms with Crippen LogP contribution in [-0.4, -0.2) is 11.2 Å². The molecule has 0 spiro atoms. The summed E-state index contributed by atoms with van der Waals surface area (Å²) in [7, 11) is 0. The average Bonchev–Trinajstić information content (AvgIpc) is 1.64. The highest BCUT2D eigenvalue weighted by Crippen LogP contribution is 2.22. The molecule has 0 saturated heterocycles. The van der Waals surface area contributed by atoms with Gasteiger partial charge in [0.1, 0.15) is 0 Å². The minimum atomic E-state index is 0.0127. The van der Waals surface area contributed by atoms with Gasteiger partial charge in [0, 0.05) is 0 Å². The molecule has 0 heterocycles. The van der Waals surface area contributed by atoms with Crippen molar-refractivity contribution in [3.63, 3.8) is 0 Å². The summed E-state index contributed by atoms with van der Waals surface area (Å²) < 4.78 is 0. The van der Waals surface area contributed by atoms with E-state index in [1.807, 2.05) is 0 Å². The summed E-state index contributed by atoms with van der Waals surface area (Å²) in [5, 5.41) is 9.08. The molecule has 1 aliphatic rings. The maximum atomic E-state index is 9.08. The van der Waals surface area contributed by atoms with E-state index in [1.165, 1.54) is 12.8 Å². The van der Waals surface area contributed by atoms with Gasteiger partial charge in [-0.2, -0.15) is 0 Å². The molecule has 0 aromatic heterocycles. The van der Waals surface area contributed by atoms with E-state index in [0.29, 0.717) is 0 Å². The smallest absolute Gasteiger partial charge is 0.0542 e. The van der Waals surface area contributed by atoms with Crippen LogP contribution in [0.1, 0.15) is 32.6 Å². The fourth-order valence-corrected chi connectivity index (χ4v) is 1.40. The highest BCUT2D eigenvalue weighted by molar-refractivity contribution is 4.67. The van der Waals surface area contributed by atoms with Crippen LogP contribution >= 0.6 is 0 Å². The Labute approximate surface area is 50.7 Å². The van der Waals surface area contributed by atoms with Crippen LogP contribution in [0.3, 0.4) is 0 Å². The summed E-state index contributed by atoms with van der Waals surface area (Å²) in [6.45, 7) is 2.21. The Kier molecular flexibility index (Phi) is 1.90. The summed E-state index contributed by atoms with van der Waals surface area (Å²) in [6.07, 6.45) is 4.61. The predicted molar refractivity (Wildman–Crippen MR) is 33.6 cm³/mol. The van der Waals surface area contributed by atoms with Crippen LogP contribution in [0, 0.1) is 5.92 Å². The Morgan fingerprint density at radius 1 is 1.38 bits per heavy atom. The Bertz CT molecular complexity index is 62.8. The normalized spacial score (nSPS) is 39.8. The van der Waals surface area contributed by atoms with Crippen LogP contribution in [0.2, 0.25) is 0 Å². The van der Waals surface area contributed by atoms with Crippen LogP contribution in [0.5, 0.6) is 0 Å². The van der Waals surface area contributed by atoms with E-state index in [1.54, 1.807) is 0 Å². The molecule has 1 aliphatic carbocycles. The topological polar surface area (TPSA) is 20.2 Å². The van der Waals surface area contributed by atoms with E-state index < -0.39 is 0 Å². The average molecular weight is 114 g/mol. The van der Waals surface area contributed by atoms with Gasteiger partial charge in [-0.3, -0.25) is 0 Å². The molecule has 1 N–H and O–H groups in total. The van der Waals surface area contributed by atoms with Gasteiger partial charge in [0.25, 0.3) is 0 Å². The van der Waals surface area contributed by atoms with E-state index in [-0.39, 0.29) is 6.10 Å². The zero-order valence-electron chi connectivity index (χ0n) is 5.43. The fraction of sp³-hybridized carbons (Fsp3) is 1.00. The largest absolute Gasteiger partial charge is 0.393 e. The molecule has 0 bridgehead atoms. The molecule has 0 radical (unpaired) electrons. The standard InChI is InChI=1S/C7H14O/c1-6-3-2-4-7(8)5-6/h6-8H,2-5H2,1H3/t6-,7?/m0/s1. The van der Waals surface area contributed by atoms with Crippen molar-refractivity contribution < 1.29 is 5.11 Å². The monoisotopic (exact) mass is 114 g/mol. The van der Waals surface area contributed by atoms with Crippen molar-refractivity contribution in [2.75, 3.05) is 0 Å². The lowest BCUT2D eigenvalue weighted by atomic mass is 9.89. The van der Waals surface area contributed by atoms with Crippen molar-refractivity contribution >= 4 is 0 Å². The second-order valence-electron chi connectivity index (χ2n) is 2.93. The molecule has 8 heavy (non-hydrogen) atoms. The molecule has 1 heteroatoms. The molecule has 1 fully saturated rings. The summed E-state index contributed by atoms with van der Waals surface area (Å²) in [5.41, 5.74) is 0. The molecule has 0 amide bonds. The summed E-state index contributed by atoms with van der Waals surface area (Å²) in [5.74, 6) is 0.763. The third kappa shape index (κ3) is 1.48. The second kappa shape index (κ2) is 2.49. The first-order valence-electron chi connectivity index (χ1n) is 3.47. The van der Waals surface area contributed by atoms with Crippen LogP contribution < -0.4 is 0 Å². The van der Waals surface area contributed by atoms with Gasteiger partial charge in [0.05, 0.1) is 6.10 Å². The van der Waals surface area contributed by atoms with E-state index in [0.717, 1.165) is 18.8 Å². The molecule has 2 atom stereocenters. The lowest BCUT2D eigenvalue weighted by Gasteiger charge is -2.21. The number of rotatable bonds is 0. The van der Waals surface area contributed by atoms with Gasteiger partial charge in [-0.1, -0.05) is 19.8 Å². The van der Waals surface area contributed by atoms with Gasteiger partial charge in [-0.15, -0.1) is 0 Å². The van der Waals surface area contributed by atoms with Crippen molar-refractivity contribution in [2.24, 2.45) is 5.92 Å². The summed E-state index contributed by atoms with van der Waals surface area (Å²) in [4.78, 5) is 0. The van der Waals surface area contributed by atoms with E-state index in [4.69, 9.17) is 5.11 Å². The van der Waals surface area contributed by atoms with Crippen LogP contribution in [-0.2, 0) is 0 Å². The molecule has 48 valence electrons. The SMILES string of the molecule is C[C@H]1CCCC(O)C1. The van der Waals surface area contributed by atoms with Crippen molar-refractivity contribution in [2.45, 2.75) is 38.7 Å². The lowest BCUT2D eigenvalue weighted by Crippen LogP contribution is -2.16. The molecule has 0 aromatic rings. The summed E-state index contributed by atoms with van der Waals surface area (Å²) >= 11 is 0. The van der Waals surface area contributed by atoms with E-state index >= 15 is 0 Å². The summed E-state index contributed by atoms with van der Waals surface area (Å²) in [6, 6.07) is 0. The van der Waals surface area contributed by atoms with Gasteiger partial charge in [-0.05, 0) is 18.8 Å². The molecule has 1 nitrogen and oxygen atoms in total. The zero-order chi connectivity index (χ0) is 5.98. The number of hydrogen-bond donors (Lipinski definition) is 1. The van der Waals surface area contributed by atoms with Gasteiger partial charge in [-0.25, -0.2) is 0 Å². The minimum absolute atomic E-state index is 0.0127. The van der Waals surface area contributed by atoms with Gasteiger partial charge in [0.2, 0.25) is 0 Å². The van der Waals surface area contributed by atoms with E-state index in [2.05, 4.69) is 6.92 Å². The molecule has 1 rings (SSSR count). The van der Waals surface area contributed by atoms with Crippen LogP contribution in [0.25, 0.3) is 0 Å². The van der Waals surface area contributed by atoms with Crippen LogP contribution in [0.15, 0.2) is 0 Å². The first kappa shape index (κ1) is 6.09. The highest BCUT2D eigenvalue weighted by atomic mass is 16.3. The van der Waals surface area contributed by atoms with Gasteiger partial charge < -0.3 is 5.11 Å². The quantitative estimate of drug-likeness (QED) is 0.506. The molecule has 1 unspecified atom stereocenters. The first-order valence-corrected chi connectivity index (χ1v) is 3.47. The molecule has 1 saturated carbocycles. The molecule has 0 aliphatic heterocycles. The Morgan fingerprint density at radius 2 is 2.12 bits per heavy atom. The second-order valence-corrected chi connectivity index (χ2v) is 2.93. The predicted octanol–water partition coefficient (Wildman–Crippen LogP) is 1.56. The lowest BCUT2D eigenvalue weighted by molar-refractivity contribution is 0.106. The maximum Gasteiger partial charge on any atom is 0.0542 e. The van der Waals surface area contributed by atoms with Gasteiger partial charge in [0.15, 0.2) is 0 Å². The van der Waals surface area contributed by atoms with Crippen molar-refractivity contribution in [1.29, 1.82) is 0 Å². The maximum absolute atomic E-state index is 9.08. The zero-order valence-corrected chi connectivity index (χ0v) is 5.43. The van der Waals surface area contributed by atoms with Gasteiger partial charge >= 0.3 is 0 Å². The molecular formula is C7H14O. The number of aliphatic hydroxyl groups excluding tert-OH is 1. The van der Waals surface area contributed by atoms with Crippen molar-refractivity contribution in [1.82, 2.24) is 0 Å². The Hall–Kier alpha value is -0.0400. The number of aliphatic hydroxyl groups is 1. The third-order valence-corrected chi connectivity index (χ3v) is 1.91. The fourth-order valence-electron chi connectivity index (χ4n) is 1.40. The Morgan fingerprint density at radius 3 is 2.50 bits per heavy atom. The van der Waals surface area contributed by atoms with E-state index in [9.17, 15) is 0 Å². The first-order chi connectivity index (χ1) is 3.79. The third-order valence-electron chi connectivity index (χ3n) is 1.91. The Balaban J connectivity index is 2.23. The molecule has 0 aromatic carbocycles. The number of hydrogen-bond acceptors (Lipinski definition) is 1. The van der Waals surface area contributed by atoms with Crippen molar-refractivity contribution in [3.8, 4) is 0 Å². The van der Waals surface area contributed by atoms with Crippen LogP contribution in [0.4, 0.5) is 0 Å². The van der Waals surface area contributed by atoms with Crippen molar-refractivity contribution in [3.05, 3.63) is 0 Å².